The quantitative estimate of drug-likeness (QED) is 0.315. The number of fused-ring (bicyclic) bond motifs is 1. The number of carboxylic acids is 1. The van der Waals surface area contributed by atoms with Crippen molar-refractivity contribution in [2.45, 2.75) is 51.0 Å². The Morgan fingerprint density at radius 3 is 2.48 bits per heavy atom. The van der Waals surface area contributed by atoms with Crippen molar-refractivity contribution in [2.75, 3.05) is 11.4 Å². The number of carbonyl (C=O) groups excluding carboxylic acids is 2. The van der Waals surface area contributed by atoms with Gasteiger partial charge in [0.15, 0.2) is 6.10 Å². The Hall–Kier alpha value is -3.35. The number of carbonyl (C=O) groups is 3. The van der Waals surface area contributed by atoms with E-state index in [0.29, 0.717) is 11.1 Å². The van der Waals surface area contributed by atoms with Gasteiger partial charge in [0, 0.05) is 35.2 Å². The predicted octanol–water partition coefficient (Wildman–Crippen LogP) is 2.12. The number of pyridine rings is 1. The van der Waals surface area contributed by atoms with E-state index >= 15 is 0 Å². The van der Waals surface area contributed by atoms with Gasteiger partial charge in [0.05, 0.1) is 12.1 Å². The number of aromatic nitrogens is 1. The molecule has 1 aliphatic rings. The molecule has 1 saturated heterocycles. The number of aliphatic carboxylic acids is 1. The van der Waals surface area contributed by atoms with E-state index < -0.39 is 47.0 Å². The molecule has 13 heteroatoms. The molecule has 2 N–H and O–H groups in total. The zero-order chi connectivity index (χ0) is 28.5. The van der Waals surface area contributed by atoms with Crippen molar-refractivity contribution in [1.82, 2.24) is 4.98 Å². The molecule has 1 atom stereocenters. The summed E-state index contributed by atoms with van der Waals surface area (Å²) in [5, 5.41) is 9.23. The van der Waals surface area contributed by atoms with Crippen LogP contribution in [0.25, 0.3) is 22.0 Å². The van der Waals surface area contributed by atoms with Crippen LogP contribution in [0.2, 0.25) is 0 Å². The number of hydrogen-bond donors (Lipinski definition) is 2. The Bertz CT molecular complexity index is 1500. The first-order valence-electron chi connectivity index (χ1n) is 12.0. The number of rotatable bonds is 8. The molecule has 0 bridgehead atoms. The number of cyclic esters (lactones) is 1. The number of benzene rings is 2. The number of aromatic amines is 1. The van der Waals surface area contributed by atoms with Crippen molar-refractivity contribution in [3.8, 4) is 11.3 Å². The van der Waals surface area contributed by atoms with Crippen LogP contribution in [0.15, 0.2) is 53.3 Å². The number of amides is 1. The largest absolute Gasteiger partial charge is 1.00 e. The fourth-order valence-corrected chi connectivity index (χ4v) is 4.36. The maximum Gasteiger partial charge on any atom is 1.00 e. The van der Waals surface area contributed by atoms with Crippen LogP contribution in [0.3, 0.4) is 0 Å². The van der Waals surface area contributed by atoms with Crippen LogP contribution >= 0.6 is 0 Å². The Kier molecular flexibility index (Phi) is 9.38. The average molecular weight is 569 g/mol. The van der Waals surface area contributed by atoms with E-state index in [1.807, 2.05) is 0 Å². The van der Waals surface area contributed by atoms with Crippen molar-refractivity contribution in [2.24, 2.45) is 0 Å². The second kappa shape index (κ2) is 12.0. The Morgan fingerprint density at radius 2 is 1.80 bits per heavy atom. The molecule has 0 unspecified atom stereocenters. The summed E-state index contributed by atoms with van der Waals surface area (Å²) < 4.78 is 51.3. The number of H-pyrrole nitrogens is 1. The normalized spacial score (nSPS) is 15.5. The number of esters is 1. The zero-order valence-corrected chi connectivity index (χ0v) is 24.0. The second-order valence-corrected chi connectivity index (χ2v) is 9.63. The second-order valence-electron chi connectivity index (χ2n) is 9.63. The number of ether oxygens (including phenoxy) is 2. The van der Waals surface area contributed by atoms with Crippen molar-refractivity contribution >= 4 is 34.5 Å². The van der Waals surface area contributed by atoms with Gasteiger partial charge < -0.3 is 19.6 Å². The van der Waals surface area contributed by atoms with Gasteiger partial charge in [0.25, 0.3) is 5.56 Å². The first-order valence-corrected chi connectivity index (χ1v) is 12.0. The monoisotopic (exact) mass is 569 g/mol. The molecule has 0 spiro atoms. The molecule has 1 fully saturated rings. The van der Waals surface area contributed by atoms with Gasteiger partial charge in [-0.15, -0.1) is 0 Å². The molecule has 206 valence electrons. The summed E-state index contributed by atoms with van der Waals surface area (Å²) in [5.74, 6) is -1.66. The minimum Gasteiger partial charge on any atom is -0.481 e. The van der Waals surface area contributed by atoms with Crippen LogP contribution in [0.1, 0.15) is 38.7 Å². The predicted molar refractivity (Wildman–Crippen MR) is 134 cm³/mol. The molecule has 0 radical (unpaired) electrons. The van der Waals surface area contributed by atoms with Gasteiger partial charge in [0.2, 0.25) is 0 Å². The maximum atomic E-state index is 13.5. The maximum absolute atomic E-state index is 13.5. The first-order chi connectivity index (χ1) is 18.3. The molecule has 1 aliphatic heterocycles. The summed E-state index contributed by atoms with van der Waals surface area (Å²) in [4.78, 5) is 52.1. The molecular formula is C27H25F3N2NaO7+. The summed E-state index contributed by atoms with van der Waals surface area (Å²) in [6, 6.07) is 10.8. The smallest absolute Gasteiger partial charge is 0.481 e. The minimum absolute atomic E-state index is 0. The average Bonchev–Trinajstić information content (AvgIpc) is 3.25. The van der Waals surface area contributed by atoms with E-state index in [9.17, 15) is 32.3 Å². The number of anilines is 1. The molecule has 0 saturated carbocycles. The zero-order valence-electron chi connectivity index (χ0n) is 22.0. The van der Waals surface area contributed by atoms with E-state index in [4.69, 9.17) is 14.6 Å². The van der Waals surface area contributed by atoms with Crippen LogP contribution < -0.4 is 40.0 Å². The molecule has 4 rings (SSSR count). The fraction of sp³-hybridized carbons (Fsp3) is 0.333. The van der Waals surface area contributed by atoms with E-state index in [1.54, 1.807) is 13.8 Å². The summed E-state index contributed by atoms with van der Waals surface area (Å²) in [7, 11) is 0. The third kappa shape index (κ3) is 6.86. The van der Waals surface area contributed by atoms with Gasteiger partial charge >= 0.3 is 53.8 Å². The van der Waals surface area contributed by atoms with Crippen molar-refractivity contribution in [3.05, 3.63) is 64.4 Å². The van der Waals surface area contributed by atoms with Crippen LogP contribution in [0, 0.1) is 0 Å². The number of halogens is 3. The topological polar surface area (TPSA) is 126 Å². The van der Waals surface area contributed by atoms with Gasteiger partial charge in [-0.3, -0.25) is 19.3 Å². The van der Waals surface area contributed by atoms with Crippen molar-refractivity contribution in [1.29, 1.82) is 0 Å². The van der Waals surface area contributed by atoms with E-state index in [2.05, 4.69) is 4.98 Å². The molecule has 0 aliphatic carbocycles. The van der Waals surface area contributed by atoms with Gasteiger partial charge in [0.1, 0.15) is 5.60 Å². The molecule has 9 nitrogen and oxygen atoms in total. The van der Waals surface area contributed by atoms with E-state index in [-0.39, 0.29) is 72.0 Å². The Labute approximate surface area is 248 Å². The third-order valence-corrected chi connectivity index (χ3v) is 6.40. The van der Waals surface area contributed by atoms with Crippen molar-refractivity contribution in [3.63, 3.8) is 0 Å². The van der Waals surface area contributed by atoms with Crippen LogP contribution in [-0.2, 0) is 25.2 Å². The van der Waals surface area contributed by atoms with Gasteiger partial charge in [-0.1, -0.05) is 24.3 Å². The number of hydrogen-bond acceptors (Lipinski definition) is 6. The molecule has 2 aromatic carbocycles. The molecule has 2 heterocycles. The number of carboxylic acid groups (broad SMARTS) is 1. The SMILES string of the molecule is CC(C)(OC(=O)CCCC(=O)O)[C@@H]1CN(c2ccc3cc(-c4ccccc4C(F)(F)F)[nH]c(=O)c3c2)C(=O)O1.[Na+]. The van der Waals surface area contributed by atoms with Crippen LogP contribution in [0.5, 0.6) is 0 Å². The van der Waals surface area contributed by atoms with Gasteiger partial charge in [-0.25, -0.2) is 4.79 Å². The van der Waals surface area contributed by atoms with E-state index in [0.717, 1.165) is 6.07 Å². The number of nitrogens with one attached hydrogen (secondary N) is 1. The molecule has 1 amide bonds. The van der Waals surface area contributed by atoms with E-state index in [1.165, 1.54) is 47.4 Å². The summed E-state index contributed by atoms with van der Waals surface area (Å²) in [5.41, 5.74) is -2.60. The number of alkyl halides is 3. The summed E-state index contributed by atoms with van der Waals surface area (Å²) in [6.07, 6.45) is -6.39. The molecular weight excluding hydrogens is 544 g/mol. The number of nitrogens with zero attached hydrogens (tertiary/aromatic N) is 1. The summed E-state index contributed by atoms with van der Waals surface area (Å²) in [6.45, 7) is 3.12. The molecule has 3 aromatic rings. The standard InChI is InChI=1S/C27H25F3N2O7.Na/c1-26(2,39-23(35)9-5-8-22(33)34)21-14-32(25(37)38-21)16-11-10-15-12-20(31-24(36)18(15)13-16)17-6-3-4-7-19(17)27(28,29)30;/h3-4,6-7,10-13,21H,5,8-9,14H2,1-2H3,(H,31,36)(H,33,34);/q;+1/t21-;/m0./s1. The van der Waals surface area contributed by atoms with Gasteiger partial charge in [-0.05, 0) is 49.9 Å². The Balaban J connectivity index is 0.00000441. The third-order valence-electron chi connectivity index (χ3n) is 6.40. The Morgan fingerprint density at radius 1 is 1.10 bits per heavy atom. The molecule has 40 heavy (non-hydrogen) atoms. The van der Waals surface area contributed by atoms with Crippen LogP contribution in [-0.4, -0.2) is 46.4 Å². The minimum atomic E-state index is -4.61. The van der Waals surface area contributed by atoms with Gasteiger partial charge in [-0.2, -0.15) is 13.2 Å². The first kappa shape index (κ1) is 31.2. The summed E-state index contributed by atoms with van der Waals surface area (Å²) >= 11 is 0. The fourth-order valence-electron chi connectivity index (χ4n) is 4.36. The molecule has 1 aromatic heterocycles. The van der Waals surface area contributed by atoms with Crippen LogP contribution in [0.4, 0.5) is 23.7 Å². The van der Waals surface area contributed by atoms with Crippen molar-refractivity contribution < 1.29 is 71.7 Å².